The Balaban J connectivity index is 3.02. The molecule has 0 radical (unpaired) electrons. The smallest absolute Gasteiger partial charge is 0.215 e. The minimum Gasteiger partial charge on any atom is -0.215 e. The van der Waals surface area contributed by atoms with E-state index in [1.54, 1.807) is 10.6 Å². The molecule has 2 aromatic rings. The highest BCUT2D eigenvalue weighted by Crippen LogP contribution is 1.97. The number of fused-ring (bicyclic) bond motifs is 1. The molecule has 0 fully saturated rings. The predicted molar refractivity (Wildman–Crippen MR) is 40.7 cm³/mol. The van der Waals surface area contributed by atoms with Crippen LogP contribution >= 0.6 is 12.2 Å². The number of H-pyrrole nitrogens is 1. The molecule has 0 atom stereocenters. The van der Waals surface area contributed by atoms with Crippen LogP contribution in [0.3, 0.4) is 0 Å². The normalized spacial score (nSPS) is 10.6. The Hall–Kier alpha value is -1.30. The first-order chi connectivity index (χ1) is 5.27. The molecule has 0 bridgehead atoms. The van der Waals surface area contributed by atoms with Crippen molar-refractivity contribution in [3.63, 3.8) is 0 Å². The zero-order valence-electron chi connectivity index (χ0n) is 5.77. The van der Waals surface area contributed by atoms with Crippen molar-refractivity contribution in [2.24, 2.45) is 0 Å². The van der Waals surface area contributed by atoms with E-state index in [-0.39, 0.29) is 0 Å². The quantitative estimate of drug-likeness (QED) is 0.580. The molecule has 6 heteroatoms. The zero-order chi connectivity index (χ0) is 7.84. The average molecular weight is 167 g/mol. The SMILES string of the molecule is Cc1cc(=S)n2[nH]nnc2n1. The first-order valence-corrected chi connectivity index (χ1v) is 3.45. The Kier molecular flexibility index (Phi) is 1.22. The summed E-state index contributed by atoms with van der Waals surface area (Å²) in [6.45, 7) is 1.87. The minimum absolute atomic E-state index is 0.509. The van der Waals surface area contributed by atoms with E-state index < -0.39 is 0 Å². The average Bonchev–Trinajstić information content (AvgIpc) is 2.34. The van der Waals surface area contributed by atoms with Crippen LogP contribution in [-0.2, 0) is 0 Å². The summed E-state index contributed by atoms with van der Waals surface area (Å²) in [4.78, 5) is 4.09. The van der Waals surface area contributed by atoms with Gasteiger partial charge in [-0.2, -0.15) is 9.73 Å². The van der Waals surface area contributed by atoms with Gasteiger partial charge in [0.15, 0.2) is 0 Å². The van der Waals surface area contributed by atoms with Gasteiger partial charge in [-0.25, -0.2) is 4.98 Å². The van der Waals surface area contributed by atoms with Gasteiger partial charge in [0.1, 0.15) is 4.64 Å². The standard InChI is InChI=1S/C5H5N5S/c1-3-2-4(11)10-5(6-3)7-8-9-10/h2H,1H3,(H,6,7,9). The van der Waals surface area contributed by atoms with Crippen molar-refractivity contribution in [2.45, 2.75) is 6.92 Å². The van der Waals surface area contributed by atoms with Crippen molar-refractivity contribution >= 4 is 18.0 Å². The molecule has 2 rings (SSSR count). The summed E-state index contributed by atoms with van der Waals surface area (Å²) in [6, 6.07) is 1.78. The highest BCUT2D eigenvalue weighted by Gasteiger charge is 1.97. The number of hydrogen-bond donors (Lipinski definition) is 1. The number of aromatic nitrogens is 5. The number of rotatable bonds is 0. The molecule has 0 saturated carbocycles. The van der Waals surface area contributed by atoms with E-state index in [4.69, 9.17) is 12.2 Å². The maximum Gasteiger partial charge on any atom is 0.272 e. The lowest BCUT2D eigenvalue weighted by molar-refractivity contribution is 0.812. The molecule has 0 spiro atoms. The van der Waals surface area contributed by atoms with Gasteiger partial charge in [0.05, 0.1) is 0 Å². The predicted octanol–water partition coefficient (Wildman–Crippen LogP) is 0.490. The molecule has 0 unspecified atom stereocenters. The highest BCUT2D eigenvalue weighted by atomic mass is 32.1. The van der Waals surface area contributed by atoms with E-state index in [9.17, 15) is 0 Å². The molecule has 2 heterocycles. The summed E-state index contributed by atoms with van der Waals surface area (Å²) in [6.07, 6.45) is 0. The van der Waals surface area contributed by atoms with Crippen LogP contribution in [0.25, 0.3) is 5.78 Å². The highest BCUT2D eigenvalue weighted by molar-refractivity contribution is 7.71. The fourth-order valence-electron chi connectivity index (χ4n) is 0.855. The van der Waals surface area contributed by atoms with Crippen LogP contribution in [0, 0.1) is 11.6 Å². The van der Waals surface area contributed by atoms with Gasteiger partial charge < -0.3 is 0 Å². The number of aromatic amines is 1. The molecule has 11 heavy (non-hydrogen) atoms. The molecule has 0 amide bonds. The van der Waals surface area contributed by atoms with Gasteiger partial charge in [-0.15, -0.1) is 0 Å². The van der Waals surface area contributed by atoms with Crippen molar-refractivity contribution in [3.05, 3.63) is 16.4 Å². The second-order valence-corrected chi connectivity index (χ2v) is 2.59. The van der Waals surface area contributed by atoms with Gasteiger partial charge >= 0.3 is 0 Å². The first kappa shape index (κ1) is 6.41. The third-order valence-electron chi connectivity index (χ3n) is 1.31. The maximum atomic E-state index is 5.01. The maximum absolute atomic E-state index is 5.01. The molecule has 0 aliphatic carbocycles. The number of aryl methyl sites for hydroxylation is 1. The van der Waals surface area contributed by atoms with Crippen LogP contribution in [0.15, 0.2) is 6.07 Å². The van der Waals surface area contributed by atoms with E-state index in [1.165, 1.54) is 0 Å². The Labute approximate surface area is 67.1 Å². The topological polar surface area (TPSA) is 58.9 Å². The summed E-state index contributed by atoms with van der Waals surface area (Å²) in [7, 11) is 0. The molecular weight excluding hydrogens is 162 g/mol. The van der Waals surface area contributed by atoms with Gasteiger partial charge in [-0.3, -0.25) is 0 Å². The molecular formula is C5H5N5S. The molecule has 5 nitrogen and oxygen atoms in total. The third kappa shape index (κ3) is 0.911. The lowest BCUT2D eigenvalue weighted by Crippen LogP contribution is -1.93. The fraction of sp³-hybridized carbons (Fsp3) is 0.200. The monoisotopic (exact) mass is 167 g/mol. The molecule has 0 aliphatic rings. The minimum atomic E-state index is 0.509. The van der Waals surface area contributed by atoms with Gasteiger partial charge in [0, 0.05) is 5.69 Å². The first-order valence-electron chi connectivity index (χ1n) is 3.05. The van der Waals surface area contributed by atoms with E-state index >= 15 is 0 Å². The Bertz CT molecular complexity index is 441. The number of nitrogens with zero attached hydrogens (tertiary/aromatic N) is 4. The lowest BCUT2D eigenvalue weighted by Gasteiger charge is -1.91. The van der Waals surface area contributed by atoms with E-state index in [1.807, 2.05) is 6.92 Å². The second-order valence-electron chi connectivity index (χ2n) is 2.17. The molecule has 0 aliphatic heterocycles. The van der Waals surface area contributed by atoms with E-state index in [0.717, 1.165) is 5.69 Å². The van der Waals surface area contributed by atoms with Gasteiger partial charge in [-0.05, 0) is 18.2 Å². The number of tetrazole rings is 1. The molecule has 0 aromatic carbocycles. The third-order valence-corrected chi connectivity index (χ3v) is 1.61. The fourth-order valence-corrected chi connectivity index (χ4v) is 1.15. The Morgan fingerprint density at radius 2 is 2.45 bits per heavy atom. The van der Waals surface area contributed by atoms with Gasteiger partial charge in [-0.1, -0.05) is 17.3 Å². The van der Waals surface area contributed by atoms with Crippen molar-refractivity contribution in [1.29, 1.82) is 0 Å². The van der Waals surface area contributed by atoms with Crippen LogP contribution in [0.1, 0.15) is 5.69 Å². The molecule has 2 aromatic heterocycles. The number of nitrogens with one attached hydrogen (secondary N) is 1. The van der Waals surface area contributed by atoms with Crippen molar-refractivity contribution in [3.8, 4) is 0 Å². The number of hydrogen-bond acceptors (Lipinski definition) is 4. The van der Waals surface area contributed by atoms with Crippen molar-refractivity contribution in [2.75, 3.05) is 0 Å². The summed E-state index contributed by atoms with van der Waals surface area (Å²) in [5.41, 5.74) is 0.851. The van der Waals surface area contributed by atoms with E-state index in [2.05, 4.69) is 20.5 Å². The van der Waals surface area contributed by atoms with Gasteiger partial charge in [0.2, 0.25) is 0 Å². The zero-order valence-corrected chi connectivity index (χ0v) is 6.59. The summed E-state index contributed by atoms with van der Waals surface area (Å²) in [5.74, 6) is 0.509. The van der Waals surface area contributed by atoms with Crippen LogP contribution in [0.5, 0.6) is 0 Å². The molecule has 1 N–H and O–H groups in total. The summed E-state index contributed by atoms with van der Waals surface area (Å²) >= 11 is 5.01. The van der Waals surface area contributed by atoms with E-state index in [0.29, 0.717) is 10.4 Å². The van der Waals surface area contributed by atoms with Crippen molar-refractivity contribution in [1.82, 2.24) is 25.0 Å². The Morgan fingerprint density at radius 1 is 1.64 bits per heavy atom. The Morgan fingerprint density at radius 3 is 3.27 bits per heavy atom. The largest absolute Gasteiger partial charge is 0.272 e. The van der Waals surface area contributed by atoms with Gasteiger partial charge in [0.25, 0.3) is 5.78 Å². The lowest BCUT2D eigenvalue weighted by atomic mass is 10.5. The summed E-state index contributed by atoms with van der Waals surface area (Å²) < 4.78 is 2.18. The van der Waals surface area contributed by atoms with Crippen LogP contribution in [-0.4, -0.2) is 25.0 Å². The van der Waals surface area contributed by atoms with Crippen molar-refractivity contribution < 1.29 is 0 Å². The second kappa shape index (κ2) is 2.09. The van der Waals surface area contributed by atoms with Crippen LogP contribution in [0.2, 0.25) is 0 Å². The molecule has 0 saturated heterocycles. The van der Waals surface area contributed by atoms with Crippen LogP contribution in [0.4, 0.5) is 0 Å². The molecule has 56 valence electrons. The summed E-state index contributed by atoms with van der Waals surface area (Å²) in [5, 5.41) is 9.89. The van der Waals surface area contributed by atoms with Crippen LogP contribution < -0.4 is 0 Å².